The van der Waals surface area contributed by atoms with Crippen LogP contribution in [0.15, 0.2) is 29.3 Å². The average Bonchev–Trinajstić information content (AvgIpc) is 2.53. The monoisotopic (exact) mass is 320 g/mol. The van der Waals surface area contributed by atoms with Crippen LogP contribution in [0.2, 0.25) is 0 Å². The van der Waals surface area contributed by atoms with Gasteiger partial charge in [-0.3, -0.25) is 4.79 Å². The minimum atomic E-state index is -0.0216. The molecule has 0 saturated heterocycles. The summed E-state index contributed by atoms with van der Waals surface area (Å²) in [5.41, 5.74) is 1.20. The molecule has 0 aliphatic rings. The molecule has 0 saturated carbocycles. The Morgan fingerprint density at radius 2 is 2.04 bits per heavy atom. The van der Waals surface area contributed by atoms with E-state index < -0.39 is 0 Å². The second-order valence-electron chi connectivity index (χ2n) is 5.24. The normalized spacial score (nSPS) is 11.0. The molecule has 0 atom stereocenters. The second-order valence-corrected chi connectivity index (χ2v) is 5.24. The lowest BCUT2D eigenvalue weighted by atomic mass is 10.1. The van der Waals surface area contributed by atoms with Gasteiger partial charge in [-0.25, -0.2) is 4.99 Å². The zero-order valence-electron chi connectivity index (χ0n) is 14.6. The summed E-state index contributed by atoms with van der Waals surface area (Å²) in [5, 5.41) is 6.38. The second kappa shape index (κ2) is 10.5. The maximum Gasteiger partial charge on any atom is 0.243 e. The van der Waals surface area contributed by atoms with E-state index in [1.54, 1.807) is 14.1 Å². The molecule has 0 bridgehead atoms. The molecule has 0 unspecified atom stereocenters. The highest BCUT2D eigenvalue weighted by Crippen LogP contribution is 2.13. The van der Waals surface area contributed by atoms with Crippen molar-refractivity contribution in [2.24, 2.45) is 4.99 Å². The third-order valence-corrected chi connectivity index (χ3v) is 3.13. The van der Waals surface area contributed by atoms with Crippen molar-refractivity contribution in [3.05, 3.63) is 29.8 Å². The maximum absolute atomic E-state index is 11.6. The number of ether oxygens (including phenoxy) is 1. The predicted octanol–water partition coefficient (Wildman–Crippen LogP) is 1.27. The van der Waals surface area contributed by atoms with Gasteiger partial charge < -0.3 is 20.3 Å². The lowest BCUT2D eigenvalue weighted by molar-refractivity contribution is -0.127. The van der Waals surface area contributed by atoms with Gasteiger partial charge in [0.2, 0.25) is 5.91 Å². The Hall–Kier alpha value is -2.24. The SMILES string of the molecule is CCNC(=NCC(=O)N(C)C)NCCc1cccc(OCC)c1. The van der Waals surface area contributed by atoms with Crippen LogP contribution < -0.4 is 15.4 Å². The summed E-state index contributed by atoms with van der Waals surface area (Å²) in [5.74, 6) is 1.53. The summed E-state index contributed by atoms with van der Waals surface area (Å²) in [7, 11) is 3.45. The first-order valence-corrected chi connectivity index (χ1v) is 8.00. The number of nitrogens with one attached hydrogen (secondary N) is 2. The van der Waals surface area contributed by atoms with Crippen LogP contribution in [-0.4, -0.2) is 57.1 Å². The van der Waals surface area contributed by atoms with Crippen molar-refractivity contribution in [1.82, 2.24) is 15.5 Å². The zero-order chi connectivity index (χ0) is 17.1. The van der Waals surface area contributed by atoms with Gasteiger partial charge in [0, 0.05) is 27.2 Å². The van der Waals surface area contributed by atoms with E-state index >= 15 is 0 Å². The number of benzene rings is 1. The maximum atomic E-state index is 11.6. The molecule has 1 aromatic carbocycles. The van der Waals surface area contributed by atoms with Gasteiger partial charge in [-0.2, -0.15) is 0 Å². The first-order valence-electron chi connectivity index (χ1n) is 8.00. The van der Waals surface area contributed by atoms with Gasteiger partial charge in [-0.05, 0) is 38.0 Å². The van der Waals surface area contributed by atoms with Gasteiger partial charge in [0.05, 0.1) is 6.61 Å². The molecular weight excluding hydrogens is 292 g/mol. The molecule has 6 heteroatoms. The first-order chi connectivity index (χ1) is 11.1. The highest BCUT2D eigenvalue weighted by molar-refractivity contribution is 5.84. The van der Waals surface area contributed by atoms with E-state index in [1.165, 1.54) is 10.5 Å². The van der Waals surface area contributed by atoms with Crippen LogP contribution in [0.25, 0.3) is 0 Å². The van der Waals surface area contributed by atoms with Crippen LogP contribution in [0.3, 0.4) is 0 Å². The van der Waals surface area contributed by atoms with E-state index in [2.05, 4.69) is 21.7 Å². The molecule has 0 aromatic heterocycles. The van der Waals surface area contributed by atoms with Gasteiger partial charge in [-0.15, -0.1) is 0 Å². The highest BCUT2D eigenvalue weighted by Gasteiger charge is 2.04. The lowest BCUT2D eigenvalue weighted by Crippen LogP contribution is -2.39. The molecule has 0 aliphatic heterocycles. The molecule has 0 radical (unpaired) electrons. The largest absolute Gasteiger partial charge is 0.494 e. The highest BCUT2D eigenvalue weighted by atomic mass is 16.5. The number of amides is 1. The Bertz CT molecular complexity index is 515. The number of carbonyl (C=O) groups is 1. The van der Waals surface area contributed by atoms with Crippen LogP contribution >= 0.6 is 0 Å². The lowest BCUT2D eigenvalue weighted by Gasteiger charge is -2.13. The summed E-state index contributed by atoms with van der Waals surface area (Å²) < 4.78 is 5.50. The molecule has 128 valence electrons. The van der Waals surface area contributed by atoms with E-state index in [0.717, 1.165) is 25.3 Å². The molecule has 2 N–H and O–H groups in total. The van der Waals surface area contributed by atoms with E-state index in [9.17, 15) is 4.79 Å². The number of likely N-dealkylation sites (N-methyl/N-ethyl adjacent to an activating group) is 1. The summed E-state index contributed by atoms with van der Waals surface area (Å²) in [4.78, 5) is 17.4. The Labute approximate surface area is 138 Å². The number of hydrogen-bond acceptors (Lipinski definition) is 3. The molecule has 6 nitrogen and oxygen atoms in total. The molecule has 0 fully saturated rings. The van der Waals surface area contributed by atoms with Gasteiger partial charge in [0.25, 0.3) is 0 Å². The molecule has 1 amide bonds. The Kier molecular flexibility index (Phi) is 8.57. The van der Waals surface area contributed by atoms with E-state index in [4.69, 9.17) is 4.74 Å². The molecule has 23 heavy (non-hydrogen) atoms. The Balaban J connectivity index is 2.50. The molecule has 0 heterocycles. The molecule has 0 spiro atoms. The summed E-state index contributed by atoms with van der Waals surface area (Å²) >= 11 is 0. The van der Waals surface area contributed by atoms with Gasteiger partial charge >= 0.3 is 0 Å². The molecule has 1 aromatic rings. The fourth-order valence-electron chi connectivity index (χ4n) is 1.91. The van der Waals surface area contributed by atoms with Crippen molar-refractivity contribution in [2.45, 2.75) is 20.3 Å². The third kappa shape index (κ3) is 7.54. The van der Waals surface area contributed by atoms with Crippen LogP contribution in [0, 0.1) is 0 Å². The van der Waals surface area contributed by atoms with Crippen molar-refractivity contribution in [3.63, 3.8) is 0 Å². The number of carbonyl (C=O) groups excluding carboxylic acids is 1. The number of guanidine groups is 1. The van der Waals surface area contributed by atoms with Crippen LogP contribution in [0.5, 0.6) is 5.75 Å². The fourth-order valence-corrected chi connectivity index (χ4v) is 1.91. The zero-order valence-corrected chi connectivity index (χ0v) is 14.6. The van der Waals surface area contributed by atoms with Crippen LogP contribution in [0.4, 0.5) is 0 Å². The minimum absolute atomic E-state index is 0.0216. The Morgan fingerprint density at radius 3 is 2.70 bits per heavy atom. The third-order valence-electron chi connectivity index (χ3n) is 3.13. The first kappa shape index (κ1) is 18.8. The van der Waals surface area contributed by atoms with Gasteiger partial charge in [-0.1, -0.05) is 12.1 Å². The van der Waals surface area contributed by atoms with E-state index in [-0.39, 0.29) is 12.5 Å². The van der Waals surface area contributed by atoms with Gasteiger partial charge in [0.15, 0.2) is 5.96 Å². The number of nitrogens with zero attached hydrogens (tertiary/aromatic N) is 2. The molecular formula is C17H28N4O2. The summed E-state index contributed by atoms with van der Waals surface area (Å²) in [6.45, 7) is 6.26. The van der Waals surface area contributed by atoms with Crippen molar-refractivity contribution < 1.29 is 9.53 Å². The van der Waals surface area contributed by atoms with Crippen LogP contribution in [0.1, 0.15) is 19.4 Å². The Morgan fingerprint density at radius 1 is 1.26 bits per heavy atom. The van der Waals surface area contributed by atoms with E-state index in [1.807, 2.05) is 32.0 Å². The number of aliphatic imine (C=N–C) groups is 1. The fraction of sp³-hybridized carbons (Fsp3) is 0.529. The van der Waals surface area contributed by atoms with Crippen molar-refractivity contribution in [1.29, 1.82) is 0 Å². The van der Waals surface area contributed by atoms with Gasteiger partial charge in [0.1, 0.15) is 12.3 Å². The van der Waals surface area contributed by atoms with Crippen LogP contribution in [-0.2, 0) is 11.2 Å². The smallest absolute Gasteiger partial charge is 0.243 e. The standard InChI is InChI=1S/C17H28N4O2/c1-5-18-17(20-13-16(22)21(3)4)19-11-10-14-8-7-9-15(12-14)23-6-2/h7-9,12H,5-6,10-11,13H2,1-4H3,(H2,18,19,20). The minimum Gasteiger partial charge on any atom is -0.494 e. The summed E-state index contributed by atoms with van der Waals surface area (Å²) in [6.07, 6.45) is 0.854. The van der Waals surface area contributed by atoms with Crippen molar-refractivity contribution in [2.75, 3.05) is 40.3 Å². The quantitative estimate of drug-likeness (QED) is 0.559. The average molecular weight is 320 g/mol. The number of hydrogen-bond donors (Lipinski definition) is 2. The topological polar surface area (TPSA) is 66.0 Å². The molecule has 0 aliphatic carbocycles. The molecule has 1 rings (SSSR count). The number of rotatable bonds is 8. The van der Waals surface area contributed by atoms with Crippen molar-refractivity contribution >= 4 is 11.9 Å². The summed E-state index contributed by atoms with van der Waals surface area (Å²) in [6, 6.07) is 8.07. The van der Waals surface area contributed by atoms with E-state index in [0.29, 0.717) is 12.6 Å². The predicted molar refractivity (Wildman–Crippen MR) is 94.0 cm³/mol. The van der Waals surface area contributed by atoms with Crippen molar-refractivity contribution in [3.8, 4) is 5.75 Å².